The maximum atomic E-state index is 13.0. The molecule has 9 nitrogen and oxygen atoms in total. The Morgan fingerprint density at radius 3 is 2.64 bits per heavy atom. The van der Waals surface area contributed by atoms with Crippen molar-refractivity contribution in [3.63, 3.8) is 0 Å². The second kappa shape index (κ2) is 9.32. The van der Waals surface area contributed by atoms with E-state index in [0.29, 0.717) is 34.5 Å². The number of anilines is 1. The van der Waals surface area contributed by atoms with Crippen molar-refractivity contribution in [3.8, 4) is 11.4 Å². The lowest BCUT2D eigenvalue weighted by atomic mass is 10.1. The minimum absolute atomic E-state index is 0.0661. The van der Waals surface area contributed by atoms with Crippen LogP contribution in [0.3, 0.4) is 0 Å². The predicted molar refractivity (Wildman–Crippen MR) is 126 cm³/mol. The summed E-state index contributed by atoms with van der Waals surface area (Å²) in [7, 11) is 0.250. The number of methoxy groups -OCH3 is 1. The van der Waals surface area contributed by atoms with Crippen LogP contribution in [0, 0.1) is 0 Å². The molecule has 2 N–H and O–H groups in total. The second-order valence-electron chi connectivity index (χ2n) is 8.12. The Kier molecular flexibility index (Phi) is 6.48. The van der Waals surface area contributed by atoms with Gasteiger partial charge in [0.2, 0.25) is 5.91 Å². The summed E-state index contributed by atoms with van der Waals surface area (Å²) < 4.78 is 30.4. The molecular formula is C23H26N4O5S. The summed E-state index contributed by atoms with van der Waals surface area (Å²) in [5.74, 6) is 0.0396. The minimum Gasteiger partial charge on any atom is -0.384 e. The van der Waals surface area contributed by atoms with E-state index in [2.05, 4.69) is 10.6 Å². The third kappa shape index (κ3) is 5.07. The molecular weight excluding hydrogens is 444 g/mol. The summed E-state index contributed by atoms with van der Waals surface area (Å²) in [6, 6.07) is 12.4. The van der Waals surface area contributed by atoms with Gasteiger partial charge in [0.15, 0.2) is 9.84 Å². The van der Waals surface area contributed by atoms with Crippen molar-refractivity contribution in [3.05, 3.63) is 48.0 Å². The van der Waals surface area contributed by atoms with Crippen LogP contribution in [0.25, 0.3) is 22.4 Å². The number of aryl methyl sites for hydroxylation is 1. The number of fused-ring (bicyclic) bond motifs is 1. The quantitative estimate of drug-likeness (QED) is 0.546. The summed E-state index contributed by atoms with van der Waals surface area (Å²) in [5.41, 5.74) is 2.88. The van der Waals surface area contributed by atoms with E-state index in [0.717, 1.165) is 5.56 Å². The molecule has 2 heterocycles. The Morgan fingerprint density at radius 1 is 1.21 bits per heavy atom. The molecule has 33 heavy (non-hydrogen) atoms. The molecule has 3 aromatic rings. The van der Waals surface area contributed by atoms with Gasteiger partial charge in [0.1, 0.15) is 5.82 Å². The van der Waals surface area contributed by atoms with Crippen molar-refractivity contribution in [2.45, 2.75) is 18.9 Å². The summed E-state index contributed by atoms with van der Waals surface area (Å²) in [5, 5.41) is 5.67. The van der Waals surface area contributed by atoms with Gasteiger partial charge >= 0.3 is 0 Å². The van der Waals surface area contributed by atoms with Gasteiger partial charge < -0.3 is 19.9 Å². The SMILES string of the molecule is COCCC(=O)Nc1cc(C(=O)N[C@@H]2CCS(=O)(=O)C2)cc2nc(-c3ccccc3)n(C)c12. The molecule has 0 saturated carbocycles. The van der Waals surface area contributed by atoms with Gasteiger partial charge in [-0.15, -0.1) is 0 Å². The number of hydrogen-bond acceptors (Lipinski definition) is 6. The number of benzene rings is 2. The number of aromatic nitrogens is 2. The van der Waals surface area contributed by atoms with Crippen LogP contribution >= 0.6 is 0 Å². The van der Waals surface area contributed by atoms with Crippen LogP contribution in [0.4, 0.5) is 5.69 Å². The van der Waals surface area contributed by atoms with Crippen LogP contribution in [0.5, 0.6) is 0 Å². The third-order valence-corrected chi connectivity index (χ3v) is 7.41. The number of sulfone groups is 1. The van der Waals surface area contributed by atoms with Crippen LogP contribution < -0.4 is 10.6 Å². The highest BCUT2D eigenvalue weighted by Gasteiger charge is 2.29. The second-order valence-corrected chi connectivity index (χ2v) is 10.3. The van der Waals surface area contributed by atoms with E-state index in [1.54, 1.807) is 12.1 Å². The number of nitrogens with zero attached hydrogens (tertiary/aromatic N) is 2. The molecule has 174 valence electrons. The molecule has 10 heteroatoms. The van der Waals surface area contributed by atoms with Gasteiger partial charge in [0.05, 0.1) is 41.3 Å². The highest BCUT2D eigenvalue weighted by Crippen LogP contribution is 2.30. The molecule has 1 atom stereocenters. The molecule has 0 unspecified atom stereocenters. The number of imidazole rings is 1. The predicted octanol–water partition coefficient (Wildman–Crippen LogP) is 2.13. The molecule has 1 aliphatic rings. The summed E-state index contributed by atoms with van der Waals surface area (Å²) >= 11 is 0. The number of amides is 2. The molecule has 4 rings (SSSR count). The normalized spacial score (nSPS) is 17.2. The number of rotatable bonds is 7. The summed E-state index contributed by atoms with van der Waals surface area (Å²) in [6.07, 6.45) is 0.552. The van der Waals surface area contributed by atoms with Crippen molar-refractivity contribution < 1.29 is 22.7 Å². The van der Waals surface area contributed by atoms with Crippen molar-refractivity contribution in [2.24, 2.45) is 7.05 Å². The van der Waals surface area contributed by atoms with E-state index in [1.807, 2.05) is 41.9 Å². The van der Waals surface area contributed by atoms with E-state index < -0.39 is 21.8 Å². The van der Waals surface area contributed by atoms with E-state index >= 15 is 0 Å². The van der Waals surface area contributed by atoms with Gasteiger partial charge in [-0.2, -0.15) is 0 Å². The maximum Gasteiger partial charge on any atom is 0.251 e. The zero-order chi connectivity index (χ0) is 23.6. The molecule has 2 aromatic carbocycles. The first-order valence-corrected chi connectivity index (χ1v) is 12.5. The smallest absolute Gasteiger partial charge is 0.251 e. The Bertz CT molecular complexity index is 1300. The number of carbonyl (C=O) groups excluding carboxylic acids is 2. The molecule has 1 aromatic heterocycles. The minimum atomic E-state index is -3.12. The highest BCUT2D eigenvalue weighted by molar-refractivity contribution is 7.91. The molecule has 1 fully saturated rings. The summed E-state index contributed by atoms with van der Waals surface area (Å²) in [4.78, 5) is 30.1. The largest absolute Gasteiger partial charge is 0.384 e. The van der Waals surface area contributed by atoms with Crippen molar-refractivity contribution in [2.75, 3.05) is 30.5 Å². The zero-order valence-corrected chi connectivity index (χ0v) is 19.3. The number of ether oxygens (including phenoxy) is 1. The first-order chi connectivity index (χ1) is 15.8. The Labute approximate surface area is 192 Å². The first-order valence-electron chi connectivity index (χ1n) is 10.6. The number of nitrogens with one attached hydrogen (secondary N) is 2. The van der Waals surface area contributed by atoms with E-state index in [4.69, 9.17) is 9.72 Å². The Balaban J connectivity index is 1.73. The zero-order valence-electron chi connectivity index (χ0n) is 18.5. The fourth-order valence-electron chi connectivity index (χ4n) is 4.01. The van der Waals surface area contributed by atoms with Crippen LogP contribution in [-0.4, -0.2) is 61.0 Å². The average molecular weight is 471 g/mol. The van der Waals surface area contributed by atoms with Crippen molar-refractivity contribution in [1.82, 2.24) is 14.9 Å². The number of carbonyl (C=O) groups is 2. The average Bonchev–Trinajstić information content (AvgIpc) is 3.31. The van der Waals surface area contributed by atoms with Crippen molar-refractivity contribution >= 4 is 38.4 Å². The Hall–Kier alpha value is -3.24. The maximum absolute atomic E-state index is 13.0. The molecule has 0 radical (unpaired) electrons. The Morgan fingerprint density at radius 2 is 1.97 bits per heavy atom. The number of hydrogen-bond donors (Lipinski definition) is 2. The molecule has 1 saturated heterocycles. The van der Waals surface area contributed by atoms with Crippen LogP contribution in [0.1, 0.15) is 23.2 Å². The van der Waals surface area contributed by atoms with Gasteiger partial charge in [-0.1, -0.05) is 30.3 Å². The van der Waals surface area contributed by atoms with Gasteiger partial charge in [-0.3, -0.25) is 9.59 Å². The molecule has 2 amide bonds. The van der Waals surface area contributed by atoms with Crippen LogP contribution in [0.2, 0.25) is 0 Å². The fraction of sp³-hybridized carbons (Fsp3) is 0.348. The monoisotopic (exact) mass is 470 g/mol. The lowest BCUT2D eigenvalue weighted by Crippen LogP contribution is -2.35. The molecule has 0 spiro atoms. The summed E-state index contributed by atoms with van der Waals surface area (Å²) in [6.45, 7) is 0.270. The van der Waals surface area contributed by atoms with Crippen molar-refractivity contribution in [1.29, 1.82) is 0 Å². The first kappa shape index (κ1) is 22.9. The van der Waals surface area contributed by atoms with Crippen LogP contribution in [0.15, 0.2) is 42.5 Å². The topological polar surface area (TPSA) is 119 Å². The van der Waals surface area contributed by atoms with E-state index in [-0.39, 0.29) is 30.4 Å². The highest BCUT2D eigenvalue weighted by atomic mass is 32.2. The van der Waals surface area contributed by atoms with Gasteiger partial charge in [0, 0.05) is 31.3 Å². The van der Waals surface area contributed by atoms with E-state index in [9.17, 15) is 18.0 Å². The van der Waals surface area contributed by atoms with Gasteiger partial charge in [-0.05, 0) is 18.6 Å². The molecule has 1 aliphatic heterocycles. The standard InChI is InChI=1S/C23H26N4O5S/c1-27-21-18(25-20(28)8-10-32-2)12-16(23(29)24-17-9-11-33(30,31)14-17)13-19(21)26-22(27)15-6-4-3-5-7-15/h3-7,12-13,17H,8-11,14H2,1-2H3,(H,24,29)(H,25,28)/t17-/m1/s1. The van der Waals surface area contributed by atoms with Gasteiger partial charge in [0.25, 0.3) is 5.91 Å². The fourth-order valence-corrected chi connectivity index (χ4v) is 5.68. The third-order valence-electron chi connectivity index (χ3n) is 5.64. The lowest BCUT2D eigenvalue weighted by Gasteiger charge is -2.13. The van der Waals surface area contributed by atoms with E-state index in [1.165, 1.54) is 7.11 Å². The van der Waals surface area contributed by atoms with Crippen LogP contribution in [-0.2, 0) is 26.4 Å². The lowest BCUT2D eigenvalue weighted by molar-refractivity contribution is -0.117. The molecule has 0 aliphatic carbocycles. The molecule has 0 bridgehead atoms. The van der Waals surface area contributed by atoms with Gasteiger partial charge in [-0.25, -0.2) is 13.4 Å².